The normalized spacial score (nSPS) is 10.6. The van der Waals surface area contributed by atoms with Gasteiger partial charge in [0.2, 0.25) is 0 Å². The fourth-order valence-electron chi connectivity index (χ4n) is 2.45. The van der Waals surface area contributed by atoms with Gasteiger partial charge in [-0.15, -0.1) is 5.10 Å². The van der Waals surface area contributed by atoms with Gasteiger partial charge in [0.25, 0.3) is 5.56 Å². The molecule has 0 fully saturated rings. The number of hydrogen-bond donors (Lipinski definition) is 0. The van der Waals surface area contributed by atoms with Crippen LogP contribution in [0, 0.1) is 0 Å². The van der Waals surface area contributed by atoms with Crippen LogP contribution in [0.3, 0.4) is 0 Å². The summed E-state index contributed by atoms with van der Waals surface area (Å²) in [6.45, 7) is -0.352. The van der Waals surface area contributed by atoms with Crippen molar-refractivity contribution in [3.63, 3.8) is 0 Å². The molecule has 0 atom stereocenters. The molecule has 0 amide bonds. The van der Waals surface area contributed by atoms with Gasteiger partial charge in [-0.3, -0.25) is 14.4 Å². The summed E-state index contributed by atoms with van der Waals surface area (Å²) in [5.41, 5.74) is 0.578. The van der Waals surface area contributed by atoms with Crippen molar-refractivity contribution in [3.05, 3.63) is 64.4 Å². The molecule has 2 aromatic carbocycles. The summed E-state index contributed by atoms with van der Waals surface area (Å²) in [6, 6.07) is 13.3. The Labute approximate surface area is 154 Å². The third-order valence-electron chi connectivity index (χ3n) is 3.93. The molecule has 0 saturated heterocycles. The largest absolute Gasteiger partial charge is 0.497 e. The Bertz CT molecular complexity index is 1030. The Hall–Kier alpha value is -3.55. The van der Waals surface area contributed by atoms with E-state index in [0.29, 0.717) is 22.2 Å². The lowest BCUT2D eigenvalue weighted by Crippen LogP contribution is -2.26. The van der Waals surface area contributed by atoms with Gasteiger partial charge in [0.1, 0.15) is 11.3 Å². The van der Waals surface area contributed by atoms with Crippen molar-refractivity contribution < 1.29 is 19.1 Å². The predicted molar refractivity (Wildman–Crippen MR) is 96.7 cm³/mol. The van der Waals surface area contributed by atoms with E-state index in [-0.39, 0.29) is 30.9 Å². The molecule has 1 heterocycles. The summed E-state index contributed by atoms with van der Waals surface area (Å²) < 4.78 is 11.1. The molecule has 0 aliphatic carbocycles. The third kappa shape index (κ3) is 4.35. The summed E-state index contributed by atoms with van der Waals surface area (Å²) in [5, 5.41) is 8.18. The minimum Gasteiger partial charge on any atom is -0.497 e. The molecule has 0 N–H and O–H groups in total. The van der Waals surface area contributed by atoms with Gasteiger partial charge in [-0.05, 0) is 36.4 Å². The molecule has 138 valence electrons. The predicted octanol–water partition coefficient (Wildman–Crippen LogP) is 1.62. The van der Waals surface area contributed by atoms with Gasteiger partial charge in [-0.2, -0.15) is 0 Å². The van der Waals surface area contributed by atoms with E-state index >= 15 is 0 Å². The number of aromatic nitrogens is 3. The zero-order chi connectivity index (χ0) is 19.2. The van der Waals surface area contributed by atoms with E-state index in [1.807, 2.05) is 0 Å². The summed E-state index contributed by atoms with van der Waals surface area (Å²) in [4.78, 5) is 36.2. The van der Waals surface area contributed by atoms with E-state index in [0.717, 1.165) is 4.68 Å². The van der Waals surface area contributed by atoms with Gasteiger partial charge in [-0.1, -0.05) is 17.3 Å². The number of nitrogens with zero attached hydrogens (tertiary/aromatic N) is 3. The van der Waals surface area contributed by atoms with E-state index in [9.17, 15) is 14.4 Å². The van der Waals surface area contributed by atoms with Gasteiger partial charge in [0.05, 0.1) is 25.5 Å². The van der Waals surface area contributed by atoms with Gasteiger partial charge < -0.3 is 9.47 Å². The van der Waals surface area contributed by atoms with E-state index in [1.165, 1.54) is 7.11 Å². The van der Waals surface area contributed by atoms with Crippen molar-refractivity contribution in [2.45, 2.75) is 13.0 Å². The lowest BCUT2D eigenvalue weighted by Gasteiger charge is -2.06. The number of fused-ring (bicyclic) bond motifs is 1. The zero-order valence-electron chi connectivity index (χ0n) is 14.6. The van der Waals surface area contributed by atoms with Crippen molar-refractivity contribution in [2.75, 3.05) is 13.7 Å². The molecular weight excluding hydrogens is 350 g/mol. The van der Waals surface area contributed by atoms with E-state index in [2.05, 4.69) is 10.3 Å². The summed E-state index contributed by atoms with van der Waals surface area (Å²) in [7, 11) is 1.53. The van der Waals surface area contributed by atoms with Crippen molar-refractivity contribution in [2.24, 2.45) is 0 Å². The molecule has 0 unspecified atom stereocenters. The number of carbonyl (C=O) groups excluding carboxylic acids is 2. The first-order valence-electron chi connectivity index (χ1n) is 8.24. The van der Waals surface area contributed by atoms with Crippen LogP contribution in [0.5, 0.6) is 5.75 Å². The van der Waals surface area contributed by atoms with E-state index in [4.69, 9.17) is 9.47 Å². The van der Waals surface area contributed by atoms with E-state index in [1.54, 1.807) is 48.5 Å². The minimum absolute atomic E-state index is 0.0201. The minimum atomic E-state index is -0.598. The molecular formula is C19H17N3O5. The maximum atomic E-state index is 12.3. The van der Waals surface area contributed by atoms with Crippen LogP contribution in [0.1, 0.15) is 16.8 Å². The molecule has 3 aromatic rings. The van der Waals surface area contributed by atoms with Crippen molar-refractivity contribution in [1.29, 1.82) is 0 Å². The van der Waals surface area contributed by atoms with Crippen LogP contribution in [0.15, 0.2) is 53.3 Å². The van der Waals surface area contributed by atoms with Crippen molar-refractivity contribution >= 4 is 22.7 Å². The summed E-state index contributed by atoms with van der Waals surface area (Å²) in [6.07, 6.45) is -0.0944. The fourth-order valence-corrected chi connectivity index (χ4v) is 2.45. The van der Waals surface area contributed by atoms with Crippen LogP contribution in [0.2, 0.25) is 0 Å². The highest BCUT2D eigenvalue weighted by molar-refractivity contribution is 5.98. The first kappa shape index (κ1) is 18.2. The second-order valence-electron chi connectivity index (χ2n) is 5.70. The number of hydrogen-bond acceptors (Lipinski definition) is 7. The van der Waals surface area contributed by atoms with E-state index < -0.39 is 5.97 Å². The third-order valence-corrected chi connectivity index (χ3v) is 3.93. The number of carbonyl (C=O) groups is 2. The number of Topliss-reactive ketones (excluding diaryl/α,β-unsaturated/α-hetero) is 1. The number of rotatable bonds is 7. The molecule has 0 bridgehead atoms. The Morgan fingerprint density at radius 2 is 1.81 bits per heavy atom. The number of benzene rings is 2. The summed E-state index contributed by atoms with van der Waals surface area (Å²) in [5.74, 6) is -0.294. The van der Waals surface area contributed by atoms with Gasteiger partial charge in [0, 0.05) is 5.56 Å². The lowest BCUT2D eigenvalue weighted by molar-refractivity contribution is -0.142. The molecule has 0 radical (unpaired) electrons. The molecule has 27 heavy (non-hydrogen) atoms. The van der Waals surface area contributed by atoms with Gasteiger partial charge in [0.15, 0.2) is 12.4 Å². The molecule has 0 saturated carbocycles. The van der Waals surface area contributed by atoms with Crippen LogP contribution >= 0.6 is 0 Å². The SMILES string of the molecule is COc1ccc(C(=O)COC(=O)CCn2nnc3ccccc3c2=O)cc1. The average molecular weight is 367 g/mol. The number of aryl methyl sites for hydroxylation is 1. The first-order valence-corrected chi connectivity index (χ1v) is 8.24. The van der Waals surface area contributed by atoms with Crippen LogP contribution < -0.4 is 10.3 Å². The topological polar surface area (TPSA) is 100 Å². The number of ether oxygens (including phenoxy) is 2. The van der Waals surface area contributed by atoms with Gasteiger partial charge >= 0.3 is 5.97 Å². The van der Waals surface area contributed by atoms with Crippen LogP contribution in [0.4, 0.5) is 0 Å². The standard InChI is InChI=1S/C19H17N3O5/c1-26-14-8-6-13(7-9-14)17(23)12-27-18(24)10-11-22-19(25)15-4-2-3-5-16(15)20-21-22/h2-9H,10-12H2,1H3. The van der Waals surface area contributed by atoms with Crippen LogP contribution in [-0.2, 0) is 16.1 Å². The summed E-state index contributed by atoms with van der Waals surface area (Å²) >= 11 is 0. The number of methoxy groups -OCH3 is 1. The Balaban J connectivity index is 1.54. The molecule has 3 rings (SSSR count). The molecule has 0 aliphatic heterocycles. The Morgan fingerprint density at radius 3 is 2.56 bits per heavy atom. The van der Waals surface area contributed by atoms with Crippen molar-refractivity contribution in [1.82, 2.24) is 15.0 Å². The smallest absolute Gasteiger partial charge is 0.308 e. The highest BCUT2D eigenvalue weighted by Crippen LogP contribution is 2.12. The molecule has 0 spiro atoms. The van der Waals surface area contributed by atoms with Crippen LogP contribution in [-0.4, -0.2) is 40.5 Å². The Kier molecular flexibility index (Phi) is 5.55. The molecule has 8 nitrogen and oxygen atoms in total. The highest BCUT2D eigenvalue weighted by Gasteiger charge is 2.12. The number of esters is 1. The maximum Gasteiger partial charge on any atom is 0.308 e. The van der Waals surface area contributed by atoms with Crippen molar-refractivity contribution in [3.8, 4) is 5.75 Å². The van der Waals surface area contributed by atoms with Gasteiger partial charge in [-0.25, -0.2) is 4.68 Å². The second-order valence-corrected chi connectivity index (χ2v) is 5.70. The number of ketones is 1. The lowest BCUT2D eigenvalue weighted by atomic mass is 10.1. The molecule has 8 heteroatoms. The maximum absolute atomic E-state index is 12.3. The zero-order valence-corrected chi connectivity index (χ0v) is 14.6. The quantitative estimate of drug-likeness (QED) is 0.462. The fraction of sp³-hybridized carbons (Fsp3) is 0.211. The highest BCUT2D eigenvalue weighted by atomic mass is 16.5. The first-order chi connectivity index (χ1) is 13.1. The monoisotopic (exact) mass is 367 g/mol. The molecule has 1 aromatic heterocycles. The average Bonchev–Trinajstić information content (AvgIpc) is 2.71. The molecule has 0 aliphatic rings. The van der Waals surface area contributed by atoms with Crippen LogP contribution in [0.25, 0.3) is 10.9 Å². The second kappa shape index (κ2) is 8.22. The Morgan fingerprint density at radius 1 is 1.07 bits per heavy atom.